The Labute approximate surface area is 141 Å². The number of aromatic amines is 1. The number of hydrogen-bond donors (Lipinski definition) is 3. The molecule has 2 aliphatic rings. The first-order valence-electron chi connectivity index (χ1n) is 8.82. The maximum Gasteiger partial charge on any atom is 0.249 e. The standard InChI is InChI=1S/C18H24N4O2/c23-17(18(24)20-15-3-4-15)13-5-7-22(8-6-13)11-12-1-2-14-10-19-21-16(14)9-12/h1-2,9-10,13,15,17,23H,3-8,11H2,(H,19,21)(H,20,24). The topological polar surface area (TPSA) is 81.2 Å². The highest BCUT2D eigenvalue weighted by atomic mass is 16.3. The molecule has 1 aromatic heterocycles. The fraction of sp³-hybridized carbons (Fsp3) is 0.556. The quantitative estimate of drug-likeness (QED) is 0.775. The third kappa shape index (κ3) is 3.44. The van der Waals surface area contributed by atoms with Gasteiger partial charge in [-0.05, 0) is 56.3 Å². The van der Waals surface area contributed by atoms with Gasteiger partial charge in [-0.3, -0.25) is 14.8 Å². The van der Waals surface area contributed by atoms with Crippen molar-refractivity contribution < 1.29 is 9.90 Å². The van der Waals surface area contributed by atoms with Crippen LogP contribution in [0.1, 0.15) is 31.2 Å². The van der Waals surface area contributed by atoms with E-state index in [9.17, 15) is 9.90 Å². The molecular formula is C18H24N4O2. The molecule has 1 atom stereocenters. The molecular weight excluding hydrogens is 304 g/mol. The maximum absolute atomic E-state index is 12.0. The molecule has 1 unspecified atom stereocenters. The minimum Gasteiger partial charge on any atom is -0.383 e. The van der Waals surface area contributed by atoms with E-state index in [0.717, 1.165) is 56.2 Å². The van der Waals surface area contributed by atoms with Crippen molar-refractivity contribution in [1.82, 2.24) is 20.4 Å². The molecule has 2 fully saturated rings. The molecule has 0 spiro atoms. The van der Waals surface area contributed by atoms with Gasteiger partial charge in [-0.25, -0.2) is 0 Å². The van der Waals surface area contributed by atoms with E-state index in [2.05, 4.69) is 38.6 Å². The van der Waals surface area contributed by atoms with E-state index in [-0.39, 0.29) is 11.8 Å². The number of aromatic nitrogens is 2. The lowest BCUT2D eigenvalue weighted by Gasteiger charge is -2.33. The summed E-state index contributed by atoms with van der Waals surface area (Å²) in [6.45, 7) is 2.73. The number of hydrogen-bond acceptors (Lipinski definition) is 4. The van der Waals surface area contributed by atoms with E-state index < -0.39 is 6.10 Å². The van der Waals surface area contributed by atoms with Crippen LogP contribution < -0.4 is 5.32 Å². The minimum atomic E-state index is -0.853. The zero-order valence-electron chi connectivity index (χ0n) is 13.7. The van der Waals surface area contributed by atoms with Gasteiger partial charge in [0.05, 0.1) is 11.7 Å². The monoisotopic (exact) mass is 328 g/mol. The van der Waals surface area contributed by atoms with Crippen molar-refractivity contribution in [2.75, 3.05) is 13.1 Å². The van der Waals surface area contributed by atoms with Gasteiger partial charge in [0.25, 0.3) is 0 Å². The third-order valence-electron chi connectivity index (χ3n) is 5.18. The van der Waals surface area contributed by atoms with Crippen LogP contribution in [0.4, 0.5) is 0 Å². The molecule has 24 heavy (non-hydrogen) atoms. The molecule has 2 aromatic rings. The predicted octanol–water partition coefficient (Wildman–Crippen LogP) is 1.41. The third-order valence-corrected chi connectivity index (χ3v) is 5.18. The summed E-state index contributed by atoms with van der Waals surface area (Å²) < 4.78 is 0. The molecule has 0 bridgehead atoms. The van der Waals surface area contributed by atoms with Crippen molar-refractivity contribution in [3.63, 3.8) is 0 Å². The van der Waals surface area contributed by atoms with Crippen LogP contribution in [0.3, 0.4) is 0 Å². The summed E-state index contributed by atoms with van der Waals surface area (Å²) in [5.41, 5.74) is 2.33. The lowest BCUT2D eigenvalue weighted by molar-refractivity contribution is -0.133. The number of carbonyl (C=O) groups is 1. The molecule has 6 nitrogen and oxygen atoms in total. The van der Waals surface area contributed by atoms with Gasteiger partial charge in [-0.15, -0.1) is 0 Å². The highest BCUT2D eigenvalue weighted by Gasteiger charge is 2.32. The number of aliphatic hydroxyl groups is 1. The normalized spacial score (nSPS) is 21.0. The highest BCUT2D eigenvalue weighted by Crippen LogP contribution is 2.24. The molecule has 1 saturated carbocycles. The van der Waals surface area contributed by atoms with Gasteiger partial charge in [-0.2, -0.15) is 5.10 Å². The zero-order chi connectivity index (χ0) is 16.5. The number of fused-ring (bicyclic) bond motifs is 1. The van der Waals surface area contributed by atoms with E-state index in [4.69, 9.17) is 0 Å². The Balaban J connectivity index is 1.29. The Kier molecular flexibility index (Phi) is 4.24. The van der Waals surface area contributed by atoms with Crippen LogP contribution >= 0.6 is 0 Å². The number of rotatable bonds is 5. The molecule has 1 amide bonds. The Morgan fingerprint density at radius 1 is 1.33 bits per heavy atom. The van der Waals surface area contributed by atoms with Gasteiger partial charge in [0, 0.05) is 18.0 Å². The average Bonchev–Trinajstić information content (AvgIpc) is 3.29. The Bertz CT molecular complexity index is 717. The smallest absolute Gasteiger partial charge is 0.249 e. The number of carbonyl (C=O) groups excluding carboxylic acids is 1. The number of nitrogens with one attached hydrogen (secondary N) is 2. The first-order valence-corrected chi connectivity index (χ1v) is 8.82. The highest BCUT2D eigenvalue weighted by molar-refractivity contribution is 5.81. The summed E-state index contributed by atoms with van der Waals surface area (Å²) in [7, 11) is 0. The molecule has 128 valence electrons. The predicted molar refractivity (Wildman–Crippen MR) is 91.3 cm³/mol. The van der Waals surface area contributed by atoms with Crippen molar-refractivity contribution >= 4 is 16.8 Å². The van der Waals surface area contributed by atoms with Gasteiger partial charge in [0.2, 0.25) is 5.91 Å². The molecule has 2 heterocycles. The van der Waals surface area contributed by atoms with Crippen LogP contribution in [0.25, 0.3) is 10.9 Å². The zero-order valence-corrected chi connectivity index (χ0v) is 13.7. The van der Waals surface area contributed by atoms with Crippen molar-refractivity contribution in [3.05, 3.63) is 30.0 Å². The Morgan fingerprint density at radius 3 is 2.88 bits per heavy atom. The average molecular weight is 328 g/mol. The molecule has 1 aliphatic heterocycles. The van der Waals surface area contributed by atoms with Crippen molar-refractivity contribution in [2.45, 2.75) is 44.4 Å². The maximum atomic E-state index is 12.0. The summed E-state index contributed by atoms with van der Waals surface area (Å²) in [6.07, 6.45) is 4.82. The van der Waals surface area contributed by atoms with Gasteiger partial charge in [0.1, 0.15) is 6.10 Å². The van der Waals surface area contributed by atoms with Crippen molar-refractivity contribution in [1.29, 1.82) is 0 Å². The lowest BCUT2D eigenvalue weighted by atomic mass is 9.90. The summed E-state index contributed by atoms with van der Waals surface area (Å²) in [5.74, 6) is -0.101. The number of benzene rings is 1. The summed E-state index contributed by atoms with van der Waals surface area (Å²) in [5, 5.41) is 21.3. The van der Waals surface area contributed by atoms with Crippen LogP contribution in [0.2, 0.25) is 0 Å². The van der Waals surface area contributed by atoms with E-state index in [0.29, 0.717) is 6.04 Å². The van der Waals surface area contributed by atoms with Crippen molar-refractivity contribution in [2.24, 2.45) is 5.92 Å². The number of aliphatic hydroxyl groups excluding tert-OH is 1. The van der Waals surface area contributed by atoms with Gasteiger partial charge in [-0.1, -0.05) is 12.1 Å². The second-order valence-electron chi connectivity index (χ2n) is 7.13. The van der Waals surface area contributed by atoms with E-state index >= 15 is 0 Å². The molecule has 4 rings (SSSR count). The second-order valence-corrected chi connectivity index (χ2v) is 7.13. The number of piperidine rings is 1. The Morgan fingerprint density at radius 2 is 2.12 bits per heavy atom. The fourth-order valence-corrected chi connectivity index (χ4v) is 3.50. The lowest BCUT2D eigenvalue weighted by Crippen LogP contribution is -2.44. The van der Waals surface area contributed by atoms with E-state index in [1.54, 1.807) is 0 Å². The van der Waals surface area contributed by atoms with E-state index in [1.165, 1.54) is 5.56 Å². The first kappa shape index (κ1) is 15.6. The molecule has 0 radical (unpaired) electrons. The Hall–Kier alpha value is -1.92. The SMILES string of the molecule is O=C(NC1CC1)C(O)C1CCN(Cc2ccc3cn[nH]c3c2)CC1. The minimum absolute atomic E-state index is 0.0788. The largest absolute Gasteiger partial charge is 0.383 e. The number of nitrogens with zero attached hydrogens (tertiary/aromatic N) is 2. The molecule has 1 aliphatic carbocycles. The molecule has 1 saturated heterocycles. The summed E-state index contributed by atoms with van der Waals surface area (Å²) in [6, 6.07) is 6.69. The summed E-state index contributed by atoms with van der Waals surface area (Å²) in [4.78, 5) is 14.4. The molecule has 1 aromatic carbocycles. The molecule has 6 heteroatoms. The van der Waals surface area contributed by atoms with Crippen LogP contribution in [0, 0.1) is 5.92 Å². The van der Waals surface area contributed by atoms with Crippen LogP contribution in [-0.2, 0) is 11.3 Å². The van der Waals surface area contributed by atoms with Gasteiger partial charge < -0.3 is 10.4 Å². The van der Waals surface area contributed by atoms with Crippen LogP contribution in [0.15, 0.2) is 24.4 Å². The number of likely N-dealkylation sites (tertiary alicyclic amines) is 1. The van der Waals surface area contributed by atoms with Crippen molar-refractivity contribution in [3.8, 4) is 0 Å². The molecule has 3 N–H and O–H groups in total. The van der Waals surface area contributed by atoms with Crippen LogP contribution in [0.5, 0.6) is 0 Å². The van der Waals surface area contributed by atoms with Crippen LogP contribution in [-0.4, -0.2) is 51.3 Å². The number of H-pyrrole nitrogens is 1. The second kappa shape index (κ2) is 6.53. The summed E-state index contributed by atoms with van der Waals surface area (Å²) >= 11 is 0. The first-order chi connectivity index (χ1) is 11.7. The van der Waals surface area contributed by atoms with E-state index in [1.807, 2.05) is 6.20 Å². The van der Waals surface area contributed by atoms with Gasteiger partial charge >= 0.3 is 0 Å². The number of amides is 1. The fourth-order valence-electron chi connectivity index (χ4n) is 3.50. The van der Waals surface area contributed by atoms with Gasteiger partial charge in [0.15, 0.2) is 0 Å².